The van der Waals surface area contributed by atoms with Crippen LogP contribution in [0.25, 0.3) is 10.8 Å². The molecular formula is C20H24O4. The Labute approximate surface area is 142 Å². The summed E-state index contributed by atoms with van der Waals surface area (Å²) < 4.78 is 16.6. The van der Waals surface area contributed by atoms with Crippen molar-refractivity contribution in [2.75, 3.05) is 13.2 Å². The molecule has 0 aromatic heterocycles. The molecule has 128 valence electrons. The molecule has 0 amide bonds. The number of benzene rings is 2. The fourth-order valence-electron chi connectivity index (χ4n) is 2.89. The summed E-state index contributed by atoms with van der Waals surface area (Å²) in [5, 5.41) is 2.31. The standard InChI is InChI=1S/C20H24O4/c1-14(17-10-9-16-6-3-4-7-18(16)12-17)24-20(21)15(2)23-13-19-8-5-11-22-19/h3-4,6-7,9-10,12,14-15,19H,5,8,11,13H2,1-2H3. The topological polar surface area (TPSA) is 44.8 Å². The molecule has 24 heavy (non-hydrogen) atoms. The van der Waals surface area contributed by atoms with Gasteiger partial charge in [-0.05, 0) is 49.1 Å². The predicted octanol–water partition coefficient (Wildman–Crippen LogP) is 4.03. The van der Waals surface area contributed by atoms with Crippen LogP contribution in [-0.4, -0.2) is 31.4 Å². The summed E-state index contributed by atoms with van der Waals surface area (Å²) in [6.45, 7) is 4.84. The van der Waals surface area contributed by atoms with E-state index >= 15 is 0 Å². The molecule has 0 N–H and O–H groups in total. The molecule has 3 rings (SSSR count). The number of rotatable bonds is 6. The van der Waals surface area contributed by atoms with Crippen molar-refractivity contribution in [3.05, 3.63) is 48.0 Å². The lowest BCUT2D eigenvalue weighted by Crippen LogP contribution is -2.28. The average Bonchev–Trinajstić information content (AvgIpc) is 3.12. The fourth-order valence-corrected chi connectivity index (χ4v) is 2.89. The molecule has 0 bridgehead atoms. The highest BCUT2D eigenvalue weighted by Crippen LogP contribution is 2.23. The smallest absolute Gasteiger partial charge is 0.335 e. The van der Waals surface area contributed by atoms with E-state index in [4.69, 9.17) is 14.2 Å². The minimum atomic E-state index is -0.586. The Morgan fingerprint density at radius 1 is 1.21 bits per heavy atom. The monoisotopic (exact) mass is 328 g/mol. The number of carbonyl (C=O) groups is 1. The Kier molecular flexibility index (Phi) is 5.48. The van der Waals surface area contributed by atoms with Crippen molar-refractivity contribution >= 4 is 16.7 Å². The normalized spacial score (nSPS) is 20.0. The minimum Gasteiger partial charge on any atom is -0.456 e. The molecular weight excluding hydrogens is 304 g/mol. The zero-order valence-electron chi connectivity index (χ0n) is 14.2. The zero-order valence-corrected chi connectivity index (χ0v) is 14.2. The van der Waals surface area contributed by atoms with E-state index in [1.165, 1.54) is 5.39 Å². The van der Waals surface area contributed by atoms with Gasteiger partial charge in [-0.25, -0.2) is 4.79 Å². The Hall–Kier alpha value is -1.91. The third-order valence-electron chi connectivity index (χ3n) is 4.42. The second kappa shape index (κ2) is 7.77. The van der Waals surface area contributed by atoms with Gasteiger partial charge >= 0.3 is 5.97 Å². The molecule has 1 aliphatic heterocycles. The van der Waals surface area contributed by atoms with E-state index in [0.717, 1.165) is 30.4 Å². The molecule has 0 saturated carbocycles. The first-order valence-corrected chi connectivity index (χ1v) is 8.56. The van der Waals surface area contributed by atoms with Crippen LogP contribution in [0.15, 0.2) is 42.5 Å². The van der Waals surface area contributed by atoms with Crippen LogP contribution in [0.4, 0.5) is 0 Å². The van der Waals surface area contributed by atoms with Crippen molar-refractivity contribution in [1.29, 1.82) is 0 Å². The number of ether oxygens (including phenoxy) is 3. The third kappa shape index (κ3) is 4.13. The molecule has 3 unspecified atom stereocenters. The molecule has 4 nitrogen and oxygen atoms in total. The van der Waals surface area contributed by atoms with Gasteiger partial charge in [0.25, 0.3) is 0 Å². The maximum Gasteiger partial charge on any atom is 0.335 e. The maximum atomic E-state index is 12.2. The largest absolute Gasteiger partial charge is 0.456 e. The maximum absolute atomic E-state index is 12.2. The SMILES string of the molecule is CC(OCC1CCCO1)C(=O)OC(C)c1ccc2ccccc2c1. The van der Waals surface area contributed by atoms with E-state index in [1.54, 1.807) is 6.92 Å². The first-order valence-electron chi connectivity index (χ1n) is 8.56. The van der Waals surface area contributed by atoms with Gasteiger partial charge in [-0.3, -0.25) is 0 Å². The number of carbonyl (C=O) groups excluding carboxylic acids is 1. The molecule has 4 heteroatoms. The van der Waals surface area contributed by atoms with Crippen LogP contribution in [-0.2, 0) is 19.0 Å². The summed E-state index contributed by atoms with van der Waals surface area (Å²) in [5.41, 5.74) is 0.980. The van der Waals surface area contributed by atoms with Crippen molar-refractivity contribution in [2.24, 2.45) is 0 Å². The molecule has 3 atom stereocenters. The average molecular weight is 328 g/mol. The van der Waals surface area contributed by atoms with E-state index in [-0.39, 0.29) is 18.2 Å². The van der Waals surface area contributed by atoms with E-state index in [9.17, 15) is 4.79 Å². The van der Waals surface area contributed by atoms with Crippen LogP contribution < -0.4 is 0 Å². The molecule has 0 aliphatic carbocycles. The van der Waals surface area contributed by atoms with Crippen LogP contribution in [0.5, 0.6) is 0 Å². The minimum absolute atomic E-state index is 0.109. The second-order valence-corrected chi connectivity index (χ2v) is 6.30. The zero-order chi connectivity index (χ0) is 16.9. The quantitative estimate of drug-likeness (QED) is 0.751. The number of hydrogen-bond donors (Lipinski definition) is 0. The molecule has 1 saturated heterocycles. The van der Waals surface area contributed by atoms with Gasteiger partial charge in [0.2, 0.25) is 0 Å². The first-order chi connectivity index (χ1) is 11.6. The lowest BCUT2D eigenvalue weighted by molar-refractivity contribution is -0.162. The van der Waals surface area contributed by atoms with Gasteiger partial charge in [-0.1, -0.05) is 36.4 Å². The molecule has 0 radical (unpaired) electrons. The highest BCUT2D eigenvalue weighted by atomic mass is 16.6. The molecule has 1 heterocycles. The summed E-state index contributed by atoms with van der Waals surface area (Å²) in [6.07, 6.45) is 1.27. The van der Waals surface area contributed by atoms with E-state index in [2.05, 4.69) is 18.2 Å². The van der Waals surface area contributed by atoms with Crippen molar-refractivity contribution < 1.29 is 19.0 Å². The Morgan fingerprint density at radius 3 is 2.75 bits per heavy atom. The predicted molar refractivity (Wildman–Crippen MR) is 92.8 cm³/mol. The van der Waals surface area contributed by atoms with Gasteiger partial charge in [0.05, 0.1) is 12.7 Å². The molecule has 2 aromatic carbocycles. The molecule has 2 aromatic rings. The summed E-state index contributed by atoms with van der Waals surface area (Å²) in [4.78, 5) is 12.2. The molecule has 1 aliphatic rings. The Balaban J connectivity index is 1.55. The van der Waals surface area contributed by atoms with Crippen molar-refractivity contribution in [2.45, 2.75) is 45.0 Å². The summed E-state index contributed by atoms with van der Waals surface area (Å²) in [7, 11) is 0. The van der Waals surface area contributed by atoms with Crippen LogP contribution in [0.2, 0.25) is 0 Å². The van der Waals surface area contributed by atoms with Gasteiger partial charge < -0.3 is 14.2 Å². The highest BCUT2D eigenvalue weighted by Gasteiger charge is 2.22. The fraction of sp³-hybridized carbons (Fsp3) is 0.450. The van der Waals surface area contributed by atoms with Crippen molar-refractivity contribution in [3.8, 4) is 0 Å². The second-order valence-electron chi connectivity index (χ2n) is 6.30. The van der Waals surface area contributed by atoms with E-state index in [1.807, 2.05) is 31.2 Å². The lowest BCUT2D eigenvalue weighted by Gasteiger charge is -2.19. The third-order valence-corrected chi connectivity index (χ3v) is 4.42. The summed E-state index contributed by atoms with van der Waals surface area (Å²) >= 11 is 0. The van der Waals surface area contributed by atoms with Crippen LogP contribution in [0, 0.1) is 0 Å². The van der Waals surface area contributed by atoms with Gasteiger partial charge in [-0.2, -0.15) is 0 Å². The van der Waals surface area contributed by atoms with E-state index in [0.29, 0.717) is 6.61 Å². The summed E-state index contributed by atoms with van der Waals surface area (Å²) in [6, 6.07) is 14.2. The lowest BCUT2D eigenvalue weighted by atomic mass is 10.0. The van der Waals surface area contributed by atoms with Gasteiger partial charge in [0.15, 0.2) is 6.10 Å². The molecule has 1 fully saturated rings. The van der Waals surface area contributed by atoms with Gasteiger partial charge in [0, 0.05) is 6.61 Å². The van der Waals surface area contributed by atoms with Crippen molar-refractivity contribution in [3.63, 3.8) is 0 Å². The Morgan fingerprint density at radius 2 is 2.00 bits per heavy atom. The van der Waals surface area contributed by atoms with Gasteiger partial charge in [-0.15, -0.1) is 0 Å². The highest BCUT2D eigenvalue weighted by molar-refractivity contribution is 5.83. The first kappa shape index (κ1) is 16.9. The van der Waals surface area contributed by atoms with Gasteiger partial charge in [0.1, 0.15) is 6.10 Å². The number of esters is 1. The van der Waals surface area contributed by atoms with Crippen LogP contribution in [0.3, 0.4) is 0 Å². The van der Waals surface area contributed by atoms with Crippen molar-refractivity contribution in [1.82, 2.24) is 0 Å². The summed E-state index contributed by atoms with van der Waals surface area (Å²) in [5.74, 6) is -0.339. The molecule has 0 spiro atoms. The number of hydrogen-bond acceptors (Lipinski definition) is 4. The Bertz CT molecular complexity index is 691. The van der Waals surface area contributed by atoms with E-state index < -0.39 is 6.10 Å². The van der Waals surface area contributed by atoms with Crippen LogP contribution >= 0.6 is 0 Å². The number of fused-ring (bicyclic) bond motifs is 1. The van der Waals surface area contributed by atoms with Crippen LogP contribution in [0.1, 0.15) is 38.4 Å².